The maximum Gasteiger partial charge on any atom is 0.255 e. The highest BCUT2D eigenvalue weighted by Gasteiger charge is 2.19. The summed E-state index contributed by atoms with van der Waals surface area (Å²) >= 11 is 0. The first-order valence-electron chi connectivity index (χ1n) is 8.76. The molecule has 0 saturated heterocycles. The summed E-state index contributed by atoms with van der Waals surface area (Å²) < 4.78 is 18.7. The number of H-pyrrole nitrogens is 1. The van der Waals surface area contributed by atoms with Gasteiger partial charge in [-0.2, -0.15) is 5.10 Å². The van der Waals surface area contributed by atoms with E-state index in [9.17, 15) is 9.18 Å². The molecule has 0 atom stereocenters. The predicted molar refractivity (Wildman–Crippen MR) is 103 cm³/mol. The highest BCUT2D eigenvalue weighted by atomic mass is 19.1. The Bertz CT molecular complexity index is 933. The van der Waals surface area contributed by atoms with Crippen LogP contribution in [-0.2, 0) is 6.42 Å². The number of aromatic amines is 1. The molecule has 2 aromatic carbocycles. The van der Waals surface area contributed by atoms with Crippen molar-refractivity contribution in [2.75, 3.05) is 12.4 Å². The van der Waals surface area contributed by atoms with Gasteiger partial charge in [-0.15, -0.1) is 0 Å². The van der Waals surface area contributed by atoms with Crippen LogP contribution in [0.25, 0.3) is 11.3 Å². The van der Waals surface area contributed by atoms with E-state index in [0.29, 0.717) is 17.3 Å². The lowest BCUT2D eigenvalue weighted by atomic mass is 10.0. The summed E-state index contributed by atoms with van der Waals surface area (Å²) in [7, 11) is 1.61. The van der Waals surface area contributed by atoms with E-state index in [-0.39, 0.29) is 11.5 Å². The highest BCUT2D eigenvalue weighted by molar-refractivity contribution is 6.06. The van der Waals surface area contributed by atoms with Gasteiger partial charge in [0.25, 0.3) is 5.91 Å². The molecule has 27 heavy (non-hydrogen) atoms. The van der Waals surface area contributed by atoms with Gasteiger partial charge in [-0.05, 0) is 54.8 Å². The largest absolute Gasteiger partial charge is 0.497 e. The normalized spacial score (nSPS) is 10.9. The number of ether oxygens (including phenoxy) is 1. The van der Waals surface area contributed by atoms with Crippen molar-refractivity contribution in [2.24, 2.45) is 5.92 Å². The van der Waals surface area contributed by atoms with Crippen molar-refractivity contribution in [1.29, 1.82) is 0 Å². The van der Waals surface area contributed by atoms with Crippen molar-refractivity contribution in [3.8, 4) is 17.0 Å². The monoisotopic (exact) mass is 367 g/mol. The van der Waals surface area contributed by atoms with Crippen LogP contribution in [0.4, 0.5) is 10.1 Å². The lowest BCUT2D eigenvalue weighted by molar-refractivity contribution is 0.102. The molecule has 0 fully saturated rings. The standard InChI is InChI=1S/C21H22FN3O2/c1-13(2)11-18-20(23-21(26)15-5-4-6-16(22)12-15)19(25-24-18)14-7-9-17(27-3)10-8-14/h4-10,12-13H,11H2,1-3H3,(H,23,26)(H,24,25). The van der Waals surface area contributed by atoms with E-state index >= 15 is 0 Å². The first-order chi connectivity index (χ1) is 13.0. The Morgan fingerprint density at radius 1 is 1.22 bits per heavy atom. The lowest BCUT2D eigenvalue weighted by Crippen LogP contribution is -2.14. The van der Waals surface area contributed by atoms with E-state index in [0.717, 1.165) is 23.4 Å². The number of hydrogen-bond donors (Lipinski definition) is 2. The molecule has 0 spiro atoms. The molecule has 1 aromatic heterocycles. The number of halogens is 1. The van der Waals surface area contributed by atoms with Gasteiger partial charge in [0.2, 0.25) is 0 Å². The molecular formula is C21H22FN3O2. The van der Waals surface area contributed by atoms with Gasteiger partial charge in [-0.3, -0.25) is 9.89 Å². The fraction of sp³-hybridized carbons (Fsp3) is 0.238. The van der Waals surface area contributed by atoms with Gasteiger partial charge in [-0.25, -0.2) is 4.39 Å². The minimum Gasteiger partial charge on any atom is -0.497 e. The van der Waals surface area contributed by atoms with Crippen molar-refractivity contribution < 1.29 is 13.9 Å². The van der Waals surface area contributed by atoms with E-state index in [4.69, 9.17) is 4.74 Å². The molecule has 0 aliphatic heterocycles. The van der Waals surface area contributed by atoms with Crippen LogP contribution in [0.3, 0.4) is 0 Å². The Morgan fingerprint density at radius 3 is 2.59 bits per heavy atom. The molecule has 140 valence electrons. The molecule has 3 aromatic rings. The first-order valence-corrected chi connectivity index (χ1v) is 8.76. The molecular weight excluding hydrogens is 345 g/mol. The molecule has 5 nitrogen and oxygen atoms in total. The lowest BCUT2D eigenvalue weighted by Gasteiger charge is -2.10. The average molecular weight is 367 g/mol. The summed E-state index contributed by atoms with van der Waals surface area (Å²) in [5, 5.41) is 10.3. The molecule has 2 N–H and O–H groups in total. The fourth-order valence-electron chi connectivity index (χ4n) is 2.84. The van der Waals surface area contributed by atoms with Crippen LogP contribution in [0.1, 0.15) is 29.9 Å². The molecule has 1 amide bonds. The van der Waals surface area contributed by atoms with E-state index in [1.54, 1.807) is 13.2 Å². The molecule has 3 rings (SSSR count). The maximum atomic E-state index is 13.5. The van der Waals surface area contributed by atoms with Gasteiger partial charge < -0.3 is 10.1 Å². The van der Waals surface area contributed by atoms with E-state index < -0.39 is 5.82 Å². The van der Waals surface area contributed by atoms with E-state index in [2.05, 4.69) is 29.4 Å². The fourth-order valence-corrected chi connectivity index (χ4v) is 2.84. The minimum atomic E-state index is -0.451. The summed E-state index contributed by atoms with van der Waals surface area (Å²) in [5.74, 6) is 0.282. The molecule has 0 aliphatic rings. The number of amides is 1. The van der Waals surface area contributed by atoms with E-state index in [1.165, 1.54) is 18.2 Å². The van der Waals surface area contributed by atoms with Crippen LogP contribution in [-0.4, -0.2) is 23.2 Å². The molecule has 0 aliphatic carbocycles. The van der Waals surface area contributed by atoms with Crippen LogP contribution in [0, 0.1) is 11.7 Å². The first kappa shape index (κ1) is 18.6. The third-order valence-electron chi connectivity index (χ3n) is 4.14. The van der Waals surface area contributed by atoms with Gasteiger partial charge in [0.05, 0.1) is 18.5 Å². The highest BCUT2D eigenvalue weighted by Crippen LogP contribution is 2.31. The van der Waals surface area contributed by atoms with Gasteiger partial charge in [0.1, 0.15) is 17.3 Å². The number of nitrogens with one attached hydrogen (secondary N) is 2. The molecule has 0 unspecified atom stereocenters. The number of anilines is 1. The Hall–Kier alpha value is -3.15. The number of carbonyl (C=O) groups excluding carboxylic acids is 1. The quantitative estimate of drug-likeness (QED) is 0.665. The average Bonchev–Trinajstić information content (AvgIpc) is 3.03. The Morgan fingerprint density at radius 2 is 1.96 bits per heavy atom. The van der Waals surface area contributed by atoms with Crippen molar-refractivity contribution in [3.05, 3.63) is 65.6 Å². The van der Waals surface area contributed by atoms with Crippen LogP contribution in [0.2, 0.25) is 0 Å². The number of carbonyl (C=O) groups is 1. The third-order valence-corrected chi connectivity index (χ3v) is 4.14. The summed E-state index contributed by atoms with van der Waals surface area (Å²) in [5.41, 5.74) is 3.19. The van der Waals surface area contributed by atoms with Crippen LogP contribution in [0.5, 0.6) is 5.75 Å². The molecule has 0 saturated carbocycles. The second kappa shape index (κ2) is 8.03. The predicted octanol–water partition coefficient (Wildman–Crippen LogP) is 4.68. The summed E-state index contributed by atoms with van der Waals surface area (Å²) in [4.78, 5) is 12.6. The Balaban J connectivity index is 1.97. The molecule has 0 bridgehead atoms. The van der Waals surface area contributed by atoms with Crippen molar-refractivity contribution in [1.82, 2.24) is 10.2 Å². The van der Waals surface area contributed by atoms with Crippen molar-refractivity contribution in [2.45, 2.75) is 20.3 Å². The third kappa shape index (κ3) is 4.34. The number of benzene rings is 2. The smallest absolute Gasteiger partial charge is 0.255 e. The summed E-state index contributed by atoms with van der Waals surface area (Å²) in [6, 6.07) is 13.0. The number of methoxy groups -OCH3 is 1. The van der Waals surface area contributed by atoms with Crippen molar-refractivity contribution >= 4 is 11.6 Å². The van der Waals surface area contributed by atoms with Crippen LogP contribution >= 0.6 is 0 Å². The number of hydrogen-bond acceptors (Lipinski definition) is 3. The molecule has 6 heteroatoms. The Labute approximate surface area is 157 Å². The topological polar surface area (TPSA) is 67.0 Å². The maximum absolute atomic E-state index is 13.5. The SMILES string of the molecule is COc1ccc(-c2n[nH]c(CC(C)C)c2NC(=O)c2cccc(F)c2)cc1. The zero-order valence-corrected chi connectivity index (χ0v) is 15.5. The molecule has 1 heterocycles. The number of rotatable bonds is 6. The minimum absolute atomic E-state index is 0.257. The molecule has 0 radical (unpaired) electrons. The second-order valence-corrected chi connectivity index (χ2v) is 6.72. The number of aromatic nitrogens is 2. The summed E-state index contributed by atoms with van der Waals surface area (Å²) in [6.07, 6.45) is 0.724. The van der Waals surface area contributed by atoms with Gasteiger partial charge in [-0.1, -0.05) is 19.9 Å². The van der Waals surface area contributed by atoms with Gasteiger partial charge >= 0.3 is 0 Å². The van der Waals surface area contributed by atoms with Crippen molar-refractivity contribution in [3.63, 3.8) is 0 Å². The Kier molecular flexibility index (Phi) is 5.54. The summed E-state index contributed by atoms with van der Waals surface area (Å²) in [6.45, 7) is 4.18. The van der Waals surface area contributed by atoms with Crippen LogP contribution in [0.15, 0.2) is 48.5 Å². The second-order valence-electron chi connectivity index (χ2n) is 6.72. The zero-order valence-electron chi connectivity index (χ0n) is 15.5. The van der Waals surface area contributed by atoms with Gasteiger partial charge in [0, 0.05) is 11.1 Å². The van der Waals surface area contributed by atoms with Gasteiger partial charge in [0.15, 0.2) is 0 Å². The van der Waals surface area contributed by atoms with Crippen LogP contribution < -0.4 is 10.1 Å². The van der Waals surface area contributed by atoms with E-state index in [1.807, 2.05) is 24.3 Å². The number of nitrogens with zero attached hydrogens (tertiary/aromatic N) is 1. The zero-order chi connectivity index (χ0) is 19.4.